The number of halogens is 1. The SMILES string of the molecule is O=C(Nc1ccccc1Oc1ccccc1Cl)c1ccc(Cn2cncn2)cc1. The number of aromatic nitrogens is 3. The molecular weight excluding hydrogens is 388 g/mol. The van der Waals surface area contributed by atoms with Crippen LogP contribution in [0.3, 0.4) is 0 Å². The van der Waals surface area contributed by atoms with Gasteiger partial charge in [-0.3, -0.25) is 4.79 Å². The summed E-state index contributed by atoms with van der Waals surface area (Å²) in [4.78, 5) is 16.6. The number of hydrogen-bond donors (Lipinski definition) is 1. The number of benzene rings is 3. The molecule has 4 rings (SSSR count). The average molecular weight is 405 g/mol. The largest absolute Gasteiger partial charge is 0.454 e. The number of hydrogen-bond acceptors (Lipinski definition) is 4. The second-order valence-electron chi connectivity index (χ2n) is 6.27. The maximum Gasteiger partial charge on any atom is 0.255 e. The Labute approximate surface area is 172 Å². The molecule has 144 valence electrons. The van der Waals surface area contributed by atoms with E-state index in [1.165, 1.54) is 6.33 Å². The number of rotatable bonds is 6. The van der Waals surface area contributed by atoms with Gasteiger partial charge in [0.05, 0.1) is 17.3 Å². The third-order valence-electron chi connectivity index (χ3n) is 4.22. The molecule has 0 bridgehead atoms. The summed E-state index contributed by atoms with van der Waals surface area (Å²) in [5.41, 5.74) is 2.12. The van der Waals surface area contributed by atoms with Crippen LogP contribution in [0.5, 0.6) is 11.5 Å². The highest BCUT2D eigenvalue weighted by molar-refractivity contribution is 6.32. The van der Waals surface area contributed by atoms with E-state index < -0.39 is 0 Å². The molecule has 0 saturated heterocycles. The molecule has 0 aliphatic heterocycles. The van der Waals surface area contributed by atoms with Crippen molar-refractivity contribution < 1.29 is 9.53 Å². The van der Waals surface area contributed by atoms with Gasteiger partial charge in [0.15, 0.2) is 5.75 Å². The first-order chi connectivity index (χ1) is 14.2. The molecule has 4 aromatic rings. The molecule has 0 spiro atoms. The molecule has 3 aromatic carbocycles. The van der Waals surface area contributed by atoms with E-state index in [9.17, 15) is 4.79 Å². The fourth-order valence-electron chi connectivity index (χ4n) is 2.76. The van der Waals surface area contributed by atoms with Crippen LogP contribution in [0.4, 0.5) is 5.69 Å². The second kappa shape index (κ2) is 8.58. The van der Waals surface area contributed by atoms with Gasteiger partial charge in [-0.1, -0.05) is 48.0 Å². The van der Waals surface area contributed by atoms with Crippen LogP contribution >= 0.6 is 11.6 Å². The van der Waals surface area contributed by atoms with E-state index in [1.807, 2.05) is 36.4 Å². The van der Waals surface area contributed by atoms with Crippen LogP contribution in [0.25, 0.3) is 0 Å². The molecule has 1 heterocycles. The molecule has 0 aliphatic carbocycles. The average Bonchev–Trinajstić information content (AvgIpc) is 3.25. The number of anilines is 1. The van der Waals surface area contributed by atoms with Crippen LogP contribution in [0.1, 0.15) is 15.9 Å². The summed E-state index contributed by atoms with van der Waals surface area (Å²) in [6.07, 6.45) is 3.14. The van der Waals surface area contributed by atoms with Gasteiger partial charge in [-0.25, -0.2) is 9.67 Å². The molecule has 29 heavy (non-hydrogen) atoms. The van der Waals surface area contributed by atoms with Crippen LogP contribution in [-0.2, 0) is 6.54 Å². The molecule has 0 saturated carbocycles. The van der Waals surface area contributed by atoms with Gasteiger partial charge in [-0.15, -0.1) is 0 Å². The Kier molecular flexibility index (Phi) is 5.54. The smallest absolute Gasteiger partial charge is 0.255 e. The monoisotopic (exact) mass is 404 g/mol. The van der Waals surface area contributed by atoms with Crippen LogP contribution in [0, 0.1) is 0 Å². The lowest BCUT2D eigenvalue weighted by Gasteiger charge is -2.13. The molecule has 0 atom stereocenters. The number of carbonyl (C=O) groups is 1. The second-order valence-corrected chi connectivity index (χ2v) is 6.68. The van der Waals surface area contributed by atoms with Crippen LogP contribution in [0.15, 0.2) is 85.5 Å². The summed E-state index contributed by atoms with van der Waals surface area (Å²) >= 11 is 6.17. The lowest BCUT2D eigenvalue weighted by atomic mass is 10.1. The summed E-state index contributed by atoms with van der Waals surface area (Å²) in [5, 5.41) is 7.47. The normalized spacial score (nSPS) is 10.5. The highest BCUT2D eigenvalue weighted by Gasteiger charge is 2.11. The van der Waals surface area contributed by atoms with E-state index in [0.29, 0.717) is 34.3 Å². The first kappa shape index (κ1) is 18.7. The Morgan fingerprint density at radius 1 is 0.966 bits per heavy atom. The minimum atomic E-state index is -0.229. The van der Waals surface area contributed by atoms with E-state index in [2.05, 4.69) is 15.4 Å². The first-order valence-corrected chi connectivity index (χ1v) is 9.31. The molecule has 0 aliphatic rings. The fourth-order valence-corrected chi connectivity index (χ4v) is 2.94. The van der Waals surface area contributed by atoms with Crippen molar-refractivity contribution in [3.05, 3.63) is 102 Å². The van der Waals surface area contributed by atoms with Crippen molar-refractivity contribution >= 4 is 23.2 Å². The molecule has 1 N–H and O–H groups in total. The van der Waals surface area contributed by atoms with Crippen molar-refractivity contribution in [3.63, 3.8) is 0 Å². The standard InChI is InChI=1S/C22H17ClN4O2/c23-18-5-1-3-7-20(18)29-21-8-4-2-6-19(21)26-22(28)17-11-9-16(10-12-17)13-27-15-24-14-25-27/h1-12,14-15H,13H2,(H,26,28). The van der Waals surface area contributed by atoms with E-state index in [4.69, 9.17) is 16.3 Å². The minimum absolute atomic E-state index is 0.229. The molecular formula is C22H17ClN4O2. The Balaban J connectivity index is 1.48. The Morgan fingerprint density at radius 2 is 1.69 bits per heavy atom. The predicted molar refractivity (Wildman–Crippen MR) is 111 cm³/mol. The van der Waals surface area contributed by atoms with Gasteiger partial charge in [0.25, 0.3) is 5.91 Å². The van der Waals surface area contributed by atoms with Crippen molar-refractivity contribution in [2.75, 3.05) is 5.32 Å². The zero-order valence-corrected chi connectivity index (χ0v) is 16.1. The lowest BCUT2D eigenvalue weighted by Crippen LogP contribution is -2.12. The quantitative estimate of drug-likeness (QED) is 0.489. The van der Waals surface area contributed by atoms with Crippen LogP contribution in [0.2, 0.25) is 5.02 Å². The third kappa shape index (κ3) is 4.62. The Bertz CT molecular complexity index is 1110. The van der Waals surface area contributed by atoms with Gasteiger partial charge in [-0.2, -0.15) is 5.10 Å². The van der Waals surface area contributed by atoms with Crippen molar-refractivity contribution in [1.29, 1.82) is 0 Å². The topological polar surface area (TPSA) is 69.0 Å². The highest BCUT2D eigenvalue weighted by Crippen LogP contribution is 2.33. The van der Waals surface area contributed by atoms with Crippen molar-refractivity contribution in [2.24, 2.45) is 0 Å². The molecule has 0 unspecified atom stereocenters. The molecule has 7 heteroatoms. The summed E-state index contributed by atoms with van der Waals surface area (Å²) in [5.74, 6) is 0.803. The van der Waals surface area contributed by atoms with Crippen LogP contribution in [-0.4, -0.2) is 20.7 Å². The van der Waals surface area contributed by atoms with Gasteiger partial charge in [-0.05, 0) is 42.0 Å². The van der Waals surface area contributed by atoms with Crippen molar-refractivity contribution in [1.82, 2.24) is 14.8 Å². The summed E-state index contributed by atoms with van der Waals surface area (Å²) < 4.78 is 7.61. The van der Waals surface area contributed by atoms with Crippen molar-refractivity contribution in [2.45, 2.75) is 6.54 Å². The van der Waals surface area contributed by atoms with E-state index in [-0.39, 0.29) is 5.91 Å². The third-order valence-corrected chi connectivity index (χ3v) is 4.53. The zero-order chi connectivity index (χ0) is 20.1. The number of amides is 1. The molecule has 1 amide bonds. The van der Waals surface area contributed by atoms with E-state index in [1.54, 1.807) is 47.4 Å². The van der Waals surface area contributed by atoms with E-state index >= 15 is 0 Å². The van der Waals surface area contributed by atoms with Gasteiger partial charge in [0.1, 0.15) is 18.4 Å². The first-order valence-electron chi connectivity index (χ1n) is 8.93. The summed E-state index contributed by atoms with van der Waals surface area (Å²) in [7, 11) is 0. The van der Waals surface area contributed by atoms with Crippen molar-refractivity contribution in [3.8, 4) is 11.5 Å². The van der Waals surface area contributed by atoms with Gasteiger partial charge in [0, 0.05) is 5.56 Å². The number of carbonyl (C=O) groups excluding carboxylic acids is 1. The maximum atomic E-state index is 12.7. The predicted octanol–water partition coefficient (Wildman–Crippen LogP) is 5.02. The zero-order valence-electron chi connectivity index (χ0n) is 15.3. The van der Waals surface area contributed by atoms with Crippen LogP contribution < -0.4 is 10.1 Å². The molecule has 1 aromatic heterocycles. The molecule has 6 nitrogen and oxygen atoms in total. The molecule has 0 fully saturated rings. The van der Waals surface area contributed by atoms with Gasteiger partial charge in [0.2, 0.25) is 0 Å². The highest BCUT2D eigenvalue weighted by atomic mass is 35.5. The lowest BCUT2D eigenvalue weighted by molar-refractivity contribution is 0.102. The summed E-state index contributed by atoms with van der Waals surface area (Å²) in [6.45, 7) is 0.594. The number of nitrogens with one attached hydrogen (secondary N) is 1. The number of ether oxygens (including phenoxy) is 1. The van der Waals surface area contributed by atoms with Gasteiger partial charge >= 0.3 is 0 Å². The Morgan fingerprint density at radius 3 is 2.41 bits per heavy atom. The minimum Gasteiger partial charge on any atom is -0.454 e. The fraction of sp³-hybridized carbons (Fsp3) is 0.0455. The maximum absolute atomic E-state index is 12.7. The number of nitrogens with zero attached hydrogens (tertiary/aromatic N) is 3. The number of para-hydroxylation sites is 3. The van der Waals surface area contributed by atoms with Gasteiger partial charge < -0.3 is 10.1 Å². The van der Waals surface area contributed by atoms with E-state index in [0.717, 1.165) is 5.56 Å². The molecule has 0 radical (unpaired) electrons. The Hall–Kier alpha value is -3.64. The summed E-state index contributed by atoms with van der Waals surface area (Å²) in [6, 6.07) is 21.7.